The van der Waals surface area contributed by atoms with Gasteiger partial charge in [-0.15, -0.1) is 5.10 Å². The molecule has 7 heteroatoms. The van der Waals surface area contributed by atoms with Gasteiger partial charge in [0.05, 0.1) is 5.75 Å². The van der Waals surface area contributed by atoms with Gasteiger partial charge in [-0.3, -0.25) is 9.36 Å². The second-order valence-electron chi connectivity index (χ2n) is 6.47. The number of aromatic amines is 1. The van der Waals surface area contributed by atoms with Crippen LogP contribution in [-0.2, 0) is 17.8 Å². The van der Waals surface area contributed by atoms with Crippen molar-refractivity contribution in [2.75, 3.05) is 11.1 Å². The molecule has 146 valence electrons. The molecule has 0 bridgehead atoms. The molecule has 0 atom stereocenters. The van der Waals surface area contributed by atoms with Gasteiger partial charge in [0.15, 0.2) is 5.16 Å². The Morgan fingerprint density at radius 2 is 1.89 bits per heavy atom. The maximum Gasteiger partial charge on any atom is 0.343 e. The van der Waals surface area contributed by atoms with Crippen LogP contribution < -0.4 is 11.0 Å². The van der Waals surface area contributed by atoms with Gasteiger partial charge in [-0.1, -0.05) is 73.6 Å². The number of thioether (sulfide) groups is 1. The van der Waals surface area contributed by atoms with E-state index in [0.717, 1.165) is 30.5 Å². The highest BCUT2D eigenvalue weighted by molar-refractivity contribution is 7.99. The zero-order valence-electron chi connectivity index (χ0n) is 15.9. The fraction of sp³-hybridized carbons (Fsp3) is 0.286. The van der Waals surface area contributed by atoms with E-state index < -0.39 is 0 Å². The normalized spacial score (nSPS) is 10.8. The highest BCUT2D eigenvalue weighted by Gasteiger charge is 2.12. The Balaban J connectivity index is 1.62. The van der Waals surface area contributed by atoms with Crippen molar-refractivity contribution < 1.29 is 4.79 Å². The van der Waals surface area contributed by atoms with Crippen LogP contribution >= 0.6 is 11.8 Å². The number of aromatic nitrogens is 3. The highest BCUT2D eigenvalue weighted by Crippen LogP contribution is 2.20. The van der Waals surface area contributed by atoms with Gasteiger partial charge in [0, 0.05) is 12.2 Å². The van der Waals surface area contributed by atoms with Crippen LogP contribution in [0.2, 0.25) is 0 Å². The van der Waals surface area contributed by atoms with E-state index in [2.05, 4.69) is 34.6 Å². The number of rotatable bonds is 9. The first-order valence-corrected chi connectivity index (χ1v) is 10.4. The molecule has 2 N–H and O–H groups in total. The topological polar surface area (TPSA) is 79.8 Å². The molecule has 0 unspecified atom stereocenters. The summed E-state index contributed by atoms with van der Waals surface area (Å²) in [6, 6.07) is 18.0. The molecule has 3 aromatic rings. The molecule has 0 aliphatic heterocycles. The number of nitrogens with zero attached hydrogens (tertiary/aromatic N) is 2. The summed E-state index contributed by atoms with van der Waals surface area (Å²) in [5.74, 6) is 0.0683. The minimum atomic E-state index is -0.232. The third-order valence-corrected chi connectivity index (χ3v) is 5.30. The SMILES string of the molecule is CCCCn1c(SCC(=O)Nc2ccccc2Cc2ccccc2)n[nH]c1=O. The zero-order valence-corrected chi connectivity index (χ0v) is 16.7. The van der Waals surface area contributed by atoms with E-state index in [0.29, 0.717) is 11.7 Å². The summed E-state index contributed by atoms with van der Waals surface area (Å²) in [6.07, 6.45) is 2.63. The van der Waals surface area contributed by atoms with E-state index in [4.69, 9.17) is 0 Å². The van der Waals surface area contributed by atoms with Crippen molar-refractivity contribution in [2.45, 2.75) is 37.9 Å². The second kappa shape index (κ2) is 9.94. The van der Waals surface area contributed by atoms with Crippen molar-refractivity contribution >= 4 is 23.4 Å². The van der Waals surface area contributed by atoms with Crippen LogP contribution in [0.3, 0.4) is 0 Å². The fourth-order valence-electron chi connectivity index (χ4n) is 2.86. The molecule has 1 amide bonds. The molecule has 0 aliphatic carbocycles. The van der Waals surface area contributed by atoms with Gasteiger partial charge in [0.25, 0.3) is 0 Å². The molecule has 0 radical (unpaired) electrons. The molecule has 2 aromatic carbocycles. The Bertz CT molecular complexity index is 966. The number of amides is 1. The molecule has 0 fully saturated rings. The summed E-state index contributed by atoms with van der Waals surface area (Å²) in [5, 5.41) is 10.0. The molecule has 0 saturated heterocycles. The van der Waals surface area contributed by atoms with Gasteiger partial charge < -0.3 is 5.32 Å². The van der Waals surface area contributed by atoms with Gasteiger partial charge in [-0.05, 0) is 30.0 Å². The average Bonchev–Trinajstić information content (AvgIpc) is 3.06. The lowest BCUT2D eigenvalue weighted by molar-refractivity contribution is -0.113. The van der Waals surface area contributed by atoms with E-state index in [1.54, 1.807) is 4.57 Å². The predicted molar refractivity (Wildman–Crippen MR) is 113 cm³/mol. The summed E-state index contributed by atoms with van der Waals surface area (Å²) in [7, 11) is 0. The van der Waals surface area contributed by atoms with Crippen molar-refractivity contribution in [1.82, 2.24) is 14.8 Å². The molecular formula is C21H24N4O2S. The maximum atomic E-state index is 12.5. The molecule has 1 aromatic heterocycles. The molecule has 3 rings (SSSR count). The molecule has 0 saturated carbocycles. The Morgan fingerprint density at radius 1 is 1.14 bits per heavy atom. The van der Waals surface area contributed by atoms with E-state index >= 15 is 0 Å². The molecule has 28 heavy (non-hydrogen) atoms. The molecule has 1 heterocycles. The lowest BCUT2D eigenvalue weighted by atomic mass is 10.0. The number of hydrogen-bond donors (Lipinski definition) is 2. The highest BCUT2D eigenvalue weighted by atomic mass is 32.2. The number of hydrogen-bond acceptors (Lipinski definition) is 4. The van der Waals surface area contributed by atoms with E-state index in [1.165, 1.54) is 17.3 Å². The number of para-hydroxylation sites is 1. The lowest BCUT2D eigenvalue weighted by Crippen LogP contribution is -2.19. The van der Waals surface area contributed by atoms with Gasteiger partial charge in [0.1, 0.15) is 0 Å². The number of carbonyl (C=O) groups is 1. The second-order valence-corrected chi connectivity index (χ2v) is 7.42. The zero-order chi connectivity index (χ0) is 19.8. The Hall–Kier alpha value is -2.80. The van der Waals surface area contributed by atoms with Crippen LogP contribution in [0.25, 0.3) is 0 Å². The van der Waals surface area contributed by atoms with E-state index in [9.17, 15) is 9.59 Å². The average molecular weight is 397 g/mol. The summed E-state index contributed by atoms with van der Waals surface area (Å²) < 4.78 is 1.59. The molecular weight excluding hydrogens is 372 g/mol. The van der Waals surface area contributed by atoms with Gasteiger partial charge in [-0.2, -0.15) is 0 Å². The van der Waals surface area contributed by atoms with Crippen LogP contribution in [0, 0.1) is 0 Å². The summed E-state index contributed by atoms with van der Waals surface area (Å²) in [4.78, 5) is 24.3. The number of unbranched alkanes of at least 4 members (excludes halogenated alkanes) is 1. The monoisotopic (exact) mass is 396 g/mol. The lowest BCUT2D eigenvalue weighted by Gasteiger charge is -2.11. The Kier molecular flexibility index (Phi) is 7.08. The van der Waals surface area contributed by atoms with Crippen molar-refractivity contribution in [2.24, 2.45) is 0 Å². The first kappa shape index (κ1) is 19.9. The van der Waals surface area contributed by atoms with E-state index in [1.807, 2.05) is 42.5 Å². The van der Waals surface area contributed by atoms with Crippen molar-refractivity contribution in [3.05, 3.63) is 76.2 Å². The van der Waals surface area contributed by atoms with Crippen molar-refractivity contribution in [3.63, 3.8) is 0 Å². The number of H-pyrrole nitrogens is 1. The first-order valence-electron chi connectivity index (χ1n) is 9.37. The van der Waals surface area contributed by atoms with Crippen LogP contribution in [0.4, 0.5) is 5.69 Å². The third kappa shape index (κ3) is 5.36. The van der Waals surface area contributed by atoms with Gasteiger partial charge in [0.2, 0.25) is 5.91 Å². The third-order valence-electron chi connectivity index (χ3n) is 4.32. The minimum absolute atomic E-state index is 0.122. The van der Waals surface area contributed by atoms with Crippen molar-refractivity contribution in [1.29, 1.82) is 0 Å². The minimum Gasteiger partial charge on any atom is -0.325 e. The summed E-state index contributed by atoms with van der Waals surface area (Å²) in [6.45, 7) is 2.67. The molecule has 0 aliphatic rings. The summed E-state index contributed by atoms with van der Waals surface area (Å²) in [5.41, 5.74) is 2.83. The van der Waals surface area contributed by atoms with Gasteiger partial charge in [-0.25, -0.2) is 9.89 Å². The van der Waals surface area contributed by atoms with Crippen LogP contribution in [0.15, 0.2) is 64.5 Å². The van der Waals surface area contributed by atoms with E-state index in [-0.39, 0.29) is 17.3 Å². The fourth-order valence-corrected chi connectivity index (χ4v) is 3.63. The maximum absolute atomic E-state index is 12.5. The largest absolute Gasteiger partial charge is 0.343 e. The van der Waals surface area contributed by atoms with Crippen LogP contribution in [0.1, 0.15) is 30.9 Å². The Labute approximate surface area is 168 Å². The Morgan fingerprint density at radius 3 is 2.68 bits per heavy atom. The standard InChI is InChI=1S/C21H24N4O2S/c1-2-3-13-25-20(27)23-24-21(25)28-15-19(26)22-18-12-8-7-11-17(18)14-16-9-5-4-6-10-16/h4-12H,2-3,13-15H2,1H3,(H,22,26)(H,23,27). The predicted octanol–water partition coefficient (Wildman–Crippen LogP) is 3.69. The summed E-state index contributed by atoms with van der Waals surface area (Å²) >= 11 is 1.26. The molecule has 0 spiro atoms. The number of benzene rings is 2. The number of nitrogens with one attached hydrogen (secondary N) is 2. The van der Waals surface area contributed by atoms with Crippen LogP contribution in [0.5, 0.6) is 0 Å². The van der Waals surface area contributed by atoms with Crippen molar-refractivity contribution in [3.8, 4) is 0 Å². The first-order chi connectivity index (χ1) is 13.7. The number of anilines is 1. The quantitative estimate of drug-likeness (QED) is 0.541. The van der Waals surface area contributed by atoms with Crippen LogP contribution in [-0.4, -0.2) is 26.4 Å². The smallest absolute Gasteiger partial charge is 0.325 e. The van der Waals surface area contributed by atoms with Gasteiger partial charge >= 0.3 is 5.69 Å². The number of carbonyl (C=O) groups excluding carboxylic acids is 1. The molecule has 6 nitrogen and oxygen atoms in total.